The lowest BCUT2D eigenvalue weighted by Crippen LogP contribution is -2.45. The third-order valence-corrected chi connectivity index (χ3v) is 3.42. The first-order valence-corrected chi connectivity index (χ1v) is 7.32. The van der Waals surface area contributed by atoms with Crippen molar-refractivity contribution in [2.45, 2.75) is 45.2 Å². The molecule has 0 radical (unpaired) electrons. The summed E-state index contributed by atoms with van der Waals surface area (Å²) >= 11 is 0. The van der Waals surface area contributed by atoms with Crippen LogP contribution >= 0.6 is 0 Å². The Bertz CT molecular complexity index is 330. The van der Waals surface area contributed by atoms with Crippen LogP contribution < -0.4 is 5.32 Å². The lowest BCUT2D eigenvalue weighted by Gasteiger charge is -2.27. The zero-order valence-electron chi connectivity index (χ0n) is 12.8. The molecule has 1 saturated carbocycles. The number of nitrogens with zero attached hydrogens (tertiary/aromatic N) is 2. The van der Waals surface area contributed by atoms with Gasteiger partial charge in [0.15, 0.2) is 0 Å². The van der Waals surface area contributed by atoms with Crippen molar-refractivity contribution in [1.29, 1.82) is 0 Å². The Kier molecular flexibility index (Phi) is 6.95. The van der Waals surface area contributed by atoms with Gasteiger partial charge in [-0.2, -0.15) is 0 Å². The maximum Gasteiger partial charge on any atom is 0.239 e. The zero-order chi connectivity index (χ0) is 15.1. The monoisotopic (exact) mass is 285 g/mol. The van der Waals surface area contributed by atoms with Crippen molar-refractivity contribution in [3.8, 4) is 0 Å². The average Bonchev–Trinajstić information content (AvgIpc) is 3.17. The van der Waals surface area contributed by atoms with Crippen LogP contribution in [0.25, 0.3) is 0 Å². The van der Waals surface area contributed by atoms with Crippen molar-refractivity contribution >= 4 is 11.8 Å². The molecule has 0 spiro atoms. The maximum absolute atomic E-state index is 12.1. The van der Waals surface area contributed by atoms with Crippen LogP contribution in [0.4, 0.5) is 0 Å². The Morgan fingerprint density at radius 1 is 1.30 bits per heavy atom. The molecule has 0 heterocycles. The summed E-state index contributed by atoms with van der Waals surface area (Å²) in [6.45, 7) is 5.24. The Hall–Kier alpha value is -1.14. The van der Waals surface area contributed by atoms with E-state index in [0.717, 1.165) is 12.8 Å². The second kappa shape index (κ2) is 8.21. The van der Waals surface area contributed by atoms with Gasteiger partial charge in [-0.15, -0.1) is 0 Å². The van der Waals surface area contributed by atoms with Gasteiger partial charge in [-0.3, -0.25) is 14.5 Å². The number of aliphatic hydroxyl groups excluding tert-OH is 1. The van der Waals surface area contributed by atoms with Crippen LogP contribution in [0.2, 0.25) is 0 Å². The third-order valence-electron chi connectivity index (χ3n) is 3.42. The number of amides is 2. The van der Waals surface area contributed by atoms with E-state index in [0.29, 0.717) is 19.0 Å². The summed E-state index contributed by atoms with van der Waals surface area (Å²) in [6.07, 6.45) is 2.74. The van der Waals surface area contributed by atoms with Gasteiger partial charge in [0.1, 0.15) is 0 Å². The summed E-state index contributed by atoms with van der Waals surface area (Å²) in [5.41, 5.74) is 0. The van der Waals surface area contributed by atoms with E-state index in [4.69, 9.17) is 5.11 Å². The van der Waals surface area contributed by atoms with E-state index in [-0.39, 0.29) is 37.6 Å². The van der Waals surface area contributed by atoms with Crippen molar-refractivity contribution in [3.63, 3.8) is 0 Å². The molecule has 116 valence electrons. The molecule has 1 aliphatic rings. The summed E-state index contributed by atoms with van der Waals surface area (Å²) in [5.74, 6) is -0.155. The first-order valence-electron chi connectivity index (χ1n) is 7.32. The summed E-state index contributed by atoms with van der Waals surface area (Å²) in [6, 6.07) is 0.557. The first kappa shape index (κ1) is 16.9. The minimum Gasteiger partial charge on any atom is -0.396 e. The van der Waals surface area contributed by atoms with Gasteiger partial charge in [0.2, 0.25) is 11.8 Å². The lowest BCUT2D eigenvalue weighted by atomic mass is 10.2. The van der Waals surface area contributed by atoms with Gasteiger partial charge in [0, 0.05) is 32.3 Å². The Morgan fingerprint density at radius 2 is 1.95 bits per heavy atom. The van der Waals surface area contributed by atoms with Crippen LogP contribution in [0.1, 0.15) is 33.1 Å². The number of hydrogen-bond donors (Lipinski definition) is 2. The normalized spacial score (nSPS) is 14.7. The van der Waals surface area contributed by atoms with E-state index >= 15 is 0 Å². The topological polar surface area (TPSA) is 72.9 Å². The molecule has 6 nitrogen and oxygen atoms in total. The molecule has 6 heteroatoms. The van der Waals surface area contributed by atoms with Crippen molar-refractivity contribution in [3.05, 3.63) is 0 Å². The molecule has 0 aromatic carbocycles. The predicted octanol–water partition coefficient (Wildman–Crippen LogP) is -0.184. The van der Waals surface area contributed by atoms with E-state index in [1.807, 2.05) is 18.7 Å². The zero-order valence-corrected chi connectivity index (χ0v) is 12.8. The fraction of sp³-hybridized carbons (Fsp3) is 0.857. The molecular formula is C14H27N3O3. The molecule has 0 bridgehead atoms. The molecule has 0 aliphatic heterocycles. The van der Waals surface area contributed by atoms with Gasteiger partial charge < -0.3 is 15.3 Å². The standard InChI is InChI=1S/C14H27N3O3/c1-11(2)17(7-4-8-18)10-14(20)16(3)9-13(19)15-12-5-6-12/h11-12,18H,4-10H2,1-3H3,(H,15,19). The highest BCUT2D eigenvalue weighted by molar-refractivity contribution is 5.85. The second-order valence-electron chi connectivity index (χ2n) is 5.73. The van der Waals surface area contributed by atoms with Gasteiger partial charge in [0.25, 0.3) is 0 Å². The Labute approximate surface area is 121 Å². The molecule has 2 N–H and O–H groups in total. The van der Waals surface area contributed by atoms with Crippen LogP contribution in [0.5, 0.6) is 0 Å². The van der Waals surface area contributed by atoms with Gasteiger partial charge in [-0.1, -0.05) is 0 Å². The van der Waals surface area contributed by atoms with Crippen LogP contribution in [0, 0.1) is 0 Å². The SMILES string of the molecule is CC(C)N(CCCO)CC(=O)N(C)CC(=O)NC1CC1. The summed E-state index contributed by atoms with van der Waals surface area (Å²) in [5, 5.41) is 11.7. The molecule has 20 heavy (non-hydrogen) atoms. The number of aliphatic hydroxyl groups is 1. The van der Waals surface area contributed by atoms with E-state index in [9.17, 15) is 9.59 Å². The van der Waals surface area contributed by atoms with E-state index in [1.165, 1.54) is 4.90 Å². The molecule has 0 unspecified atom stereocenters. The number of nitrogens with one attached hydrogen (secondary N) is 1. The molecule has 0 saturated heterocycles. The molecular weight excluding hydrogens is 258 g/mol. The average molecular weight is 285 g/mol. The summed E-state index contributed by atoms with van der Waals surface area (Å²) < 4.78 is 0. The van der Waals surface area contributed by atoms with Gasteiger partial charge in [-0.25, -0.2) is 0 Å². The number of likely N-dealkylation sites (N-methyl/N-ethyl adjacent to an activating group) is 1. The molecule has 0 aromatic heterocycles. The van der Waals surface area contributed by atoms with Crippen LogP contribution in [0.15, 0.2) is 0 Å². The number of carbonyl (C=O) groups is 2. The molecule has 1 aliphatic carbocycles. The second-order valence-corrected chi connectivity index (χ2v) is 5.73. The fourth-order valence-corrected chi connectivity index (χ4v) is 1.89. The van der Waals surface area contributed by atoms with Gasteiger partial charge >= 0.3 is 0 Å². The summed E-state index contributed by atoms with van der Waals surface area (Å²) in [4.78, 5) is 27.2. The Morgan fingerprint density at radius 3 is 2.45 bits per heavy atom. The predicted molar refractivity (Wildman–Crippen MR) is 77.2 cm³/mol. The highest BCUT2D eigenvalue weighted by Crippen LogP contribution is 2.18. The lowest BCUT2D eigenvalue weighted by molar-refractivity contribution is -0.136. The largest absolute Gasteiger partial charge is 0.396 e. The Balaban J connectivity index is 2.35. The van der Waals surface area contributed by atoms with Crippen molar-refractivity contribution in [2.24, 2.45) is 0 Å². The molecule has 1 fully saturated rings. The summed E-state index contributed by atoms with van der Waals surface area (Å²) in [7, 11) is 1.65. The van der Waals surface area contributed by atoms with Crippen molar-refractivity contribution in [1.82, 2.24) is 15.1 Å². The first-order chi connectivity index (χ1) is 9.43. The maximum atomic E-state index is 12.1. The van der Waals surface area contributed by atoms with Crippen LogP contribution in [-0.2, 0) is 9.59 Å². The number of carbonyl (C=O) groups excluding carboxylic acids is 2. The fourth-order valence-electron chi connectivity index (χ4n) is 1.89. The van der Waals surface area contributed by atoms with Gasteiger partial charge in [0.05, 0.1) is 13.1 Å². The van der Waals surface area contributed by atoms with Gasteiger partial charge in [-0.05, 0) is 33.1 Å². The van der Waals surface area contributed by atoms with Crippen molar-refractivity contribution < 1.29 is 14.7 Å². The minimum atomic E-state index is -0.0881. The quantitative estimate of drug-likeness (QED) is 0.616. The molecule has 2 amide bonds. The van der Waals surface area contributed by atoms with Crippen LogP contribution in [0.3, 0.4) is 0 Å². The molecule has 0 aromatic rings. The van der Waals surface area contributed by atoms with Crippen molar-refractivity contribution in [2.75, 3.05) is 33.3 Å². The number of rotatable bonds is 9. The third kappa shape index (κ3) is 6.34. The molecule has 0 atom stereocenters. The smallest absolute Gasteiger partial charge is 0.239 e. The van der Waals surface area contributed by atoms with E-state index < -0.39 is 0 Å². The minimum absolute atomic E-state index is 0.0670. The highest BCUT2D eigenvalue weighted by Gasteiger charge is 2.24. The van der Waals surface area contributed by atoms with Crippen LogP contribution in [-0.4, -0.2) is 72.1 Å². The van der Waals surface area contributed by atoms with E-state index in [1.54, 1.807) is 7.05 Å². The number of hydrogen-bond acceptors (Lipinski definition) is 4. The highest BCUT2D eigenvalue weighted by atomic mass is 16.3. The van der Waals surface area contributed by atoms with E-state index in [2.05, 4.69) is 5.32 Å². The molecule has 1 rings (SSSR count).